The molecule has 1 saturated heterocycles. The SMILES string of the molecule is Cc1cc(N2CCC(NCc3cc(F)ccc3C(F)(F)F)CC2)ncn1. The van der Waals surface area contributed by atoms with Crippen LogP contribution in [0.2, 0.25) is 0 Å². The lowest BCUT2D eigenvalue weighted by molar-refractivity contribution is -0.138. The molecule has 0 bridgehead atoms. The van der Waals surface area contributed by atoms with Crippen LogP contribution in [0.4, 0.5) is 23.4 Å². The molecule has 3 rings (SSSR count). The molecule has 1 aliphatic rings. The first-order valence-electron chi connectivity index (χ1n) is 8.45. The van der Waals surface area contributed by atoms with Crippen LogP contribution in [-0.4, -0.2) is 29.1 Å². The van der Waals surface area contributed by atoms with Crippen molar-refractivity contribution in [3.63, 3.8) is 0 Å². The van der Waals surface area contributed by atoms with E-state index >= 15 is 0 Å². The molecular weight excluding hydrogens is 348 g/mol. The molecule has 0 unspecified atom stereocenters. The molecule has 2 heterocycles. The number of hydrogen-bond acceptors (Lipinski definition) is 4. The third kappa shape index (κ3) is 4.49. The summed E-state index contributed by atoms with van der Waals surface area (Å²) in [5.74, 6) is 0.198. The average molecular weight is 368 g/mol. The van der Waals surface area contributed by atoms with Gasteiger partial charge in [-0.05, 0) is 43.5 Å². The van der Waals surface area contributed by atoms with Crippen LogP contribution in [0.3, 0.4) is 0 Å². The first-order chi connectivity index (χ1) is 12.3. The first kappa shape index (κ1) is 18.6. The average Bonchev–Trinajstić information content (AvgIpc) is 2.59. The van der Waals surface area contributed by atoms with Crippen molar-refractivity contribution >= 4 is 5.82 Å². The number of alkyl halides is 3. The fourth-order valence-corrected chi connectivity index (χ4v) is 3.17. The van der Waals surface area contributed by atoms with E-state index in [9.17, 15) is 17.6 Å². The Morgan fingerprint density at radius 3 is 2.54 bits per heavy atom. The Morgan fingerprint density at radius 1 is 1.15 bits per heavy atom. The fraction of sp³-hybridized carbons (Fsp3) is 0.444. The van der Waals surface area contributed by atoms with Crippen LogP contribution in [0.15, 0.2) is 30.6 Å². The van der Waals surface area contributed by atoms with Crippen molar-refractivity contribution in [3.8, 4) is 0 Å². The summed E-state index contributed by atoms with van der Waals surface area (Å²) in [6.45, 7) is 3.40. The molecule has 1 aliphatic heterocycles. The zero-order valence-electron chi connectivity index (χ0n) is 14.4. The maximum Gasteiger partial charge on any atom is 0.416 e. The number of aryl methyl sites for hydroxylation is 1. The van der Waals surface area contributed by atoms with Gasteiger partial charge < -0.3 is 10.2 Å². The number of halogens is 4. The normalized spacial score (nSPS) is 16.1. The van der Waals surface area contributed by atoms with Crippen molar-refractivity contribution in [2.24, 2.45) is 0 Å². The van der Waals surface area contributed by atoms with Gasteiger partial charge in [-0.1, -0.05) is 0 Å². The van der Waals surface area contributed by atoms with Gasteiger partial charge in [0.15, 0.2) is 0 Å². The molecule has 0 aliphatic carbocycles. The van der Waals surface area contributed by atoms with E-state index in [1.54, 1.807) is 0 Å². The summed E-state index contributed by atoms with van der Waals surface area (Å²) in [6.07, 6.45) is -1.41. The largest absolute Gasteiger partial charge is 0.416 e. The molecule has 1 aromatic carbocycles. The molecule has 1 aromatic heterocycles. The van der Waals surface area contributed by atoms with E-state index in [-0.39, 0.29) is 18.2 Å². The topological polar surface area (TPSA) is 41.0 Å². The predicted octanol–water partition coefficient (Wildman–Crippen LogP) is 3.70. The third-order valence-electron chi connectivity index (χ3n) is 4.56. The highest BCUT2D eigenvalue weighted by molar-refractivity contribution is 5.39. The smallest absolute Gasteiger partial charge is 0.356 e. The minimum atomic E-state index is -4.49. The van der Waals surface area contributed by atoms with Gasteiger partial charge in [-0.25, -0.2) is 14.4 Å². The molecule has 0 radical (unpaired) electrons. The van der Waals surface area contributed by atoms with Crippen LogP contribution in [-0.2, 0) is 12.7 Å². The predicted molar refractivity (Wildman–Crippen MR) is 90.2 cm³/mol. The van der Waals surface area contributed by atoms with E-state index in [4.69, 9.17) is 0 Å². The molecule has 0 amide bonds. The maximum atomic E-state index is 13.4. The number of anilines is 1. The number of rotatable bonds is 4. The number of piperidine rings is 1. The highest BCUT2D eigenvalue weighted by Crippen LogP contribution is 2.32. The Bertz CT molecular complexity index is 755. The molecule has 140 valence electrons. The molecule has 0 saturated carbocycles. The molecule has 8 heteroatoms. The molecule has 2 aromatic rings. The van der Waals surface area contributed by atoms with Crippen molar-refractivity contribution in [2.75, 3.05) is 18.0 Å². The summed E-state index contributed by atoms with van der Waals surface area (Å²) in [7, 11) is 0. The lowest BCUT2D eigenvalue weighted by Gasteiger charge is -2.33. The van der Waals surface area contributed by atoms with Crippen LogP contribution in [0.1, 0.15) is 29.7 Å². The second-order valence-electron chi connectivity index (χ2n) is 6.46. The highest BCUT2D eigenvalue weighted by Gasteiger charge is 2.33. The molecule has 0 spiro atoms. The maximum absolute atomic E-state index is 13.4. The van der Waals surface area contributed by atoms with Crippen LogP contribution in [0, 0.1) is 12.7 Å². The fourth-order valence-electron chi connectivity index (χ4n) is 3.17. The Morgan fingerprint density at radius 2 is 1.88 bits per heavy atom. The highest BCUT2D eigenvalue weighted by atomic mass is 19.4. The molecule has 1 fully saturated rings. The van der Waals surface area contributed by atoms with Gasteiger partial charge in [0.25, 0.3) is 0 Å². The van der Waals surface area contributed by atoms with E-state index in [0.717, 1.165) is 55.6 Å². The summed E-state index contributed by atoms with van der Waals surface area (Å²) in [5.41, 5.74) is 0.0349. The van der Waals surface area contributed by atoms with Crippen molar-refractivity contribution in [2.45, 2.75) is 38.5 Å². The van der Waals surface area contributed by atoms with E-state index in [1.165, 1.54) is 6.33 Å². The lowest BCUT2D eigenvalue weighted by atomic mass is 10.0. The van der Waals surface area contributed by atoms with Gasteiger partial charge in [0.1, 0.15) is 18.0 Å². The van der Waals surface area contributed by atoms with Crippen LogP contribution >= 0.6 is 0 Å². The zero-order valence-corrected chi connectivity index (χ0v) is 14.4. The molecule has 0 atom stereocenters. The van der Waals surface area contributed by atoms with Crippen LogP contribution < -0.4 is 10.2 Å². The first-order valence-corrected chi connectivity index (χ1v) is 8.45. The van der Waals surface area contributed by atoms with E-state index < -0.39 is 17.6 Å². The Kier molecular flexibility index (Phi) is 5.41. The van der Waals surface area contributed by atoms with E-state index in [0.29, 0.717) is 0 Å². The van der Waals surface area contributed by atoms with Gasteiger partial charge in [0.05, 0.1) is 5.56 Å². The minimum Gasteiger partial charge on any atom is -0.356 e. The summed E-state index contributed by atoms with van der Waals surface area (Å²) >= 11 is 0. The van der Waals surface area contributed by atoms with Gasteiger partial charge >= 0.3 is 6.18 Å². The minimum absolute atomic E-state index is 0.0100. The van der Waals surface area contributed by atoms with Gasteiger partial charge in [-0.3, -0.25) is 0 Å². The number of hydrogen-bond donors (Lipinski definition) is 1. The van der Waals surface area contributed by atoms with Crippen molar-refractivity contribution in [1.82, 2.24) is 15.3 Å². The van der Waals surface area contributed by atoms with Gasteiger partial charge in [-0.15, -0.1) is 0 Å². The molecular formula is C18H20F4N4. The summed E-state index contributed by atoms with van der Waals surface area (Å²) in [6, 6.07) is 4.59. The number of benzene rings is 1. The molecule has 26 heavy (non-hydrogen) atoms. The van der Waals surface area contributed by atoms with Crippen molar-refractivity contribution in [3.05, 3.63) is 53.2 Å². The zero-order chi connectivity index (χ0) is 18.7. The quantitative estimate of drug-likeness (QED) is 0.836. The van der Waals surface area contributed by atoms with Gasteiger partial charge in [0.2, 0.25) is 0 Å². The second-order valence-corrected chi connectivity index (χ2v) is 6.46. The van der Waals surface area contributed by atoms with Crippen LogP contribution in [0.5, 0.6) is 0 Å². The number of aromatic nitrogens is 2. The van der Waals surface area contributed by atoms with Crippen molar-refractivity contribution in [1.29, 1.82) is 0 Å². The van der Waals surface area contributed by atoms with Crippen LogP contribution in [0.25, 0.3) is 0 Å². The molecule has 1 N–H and O–H groups in total. The standard InChI is InChI=1S/C18H20F4N4/c1-12-8-17(25-11-24-12)26-6-4-15(5-7-26)23-10-13-9-14(19)2-3-16(13)18(20,21)22/h2-3,8-9,11,15,23H,4-7,10H2,1H3. The third-order valence-corrected chi connectivity index (χ3v) is 4.56. The van der Waals surface area contributed by atoms with Crippen molar-refractivity contribution < 1.29 is 17.6 Å². The number of nitrogens with zero attached hydrogens (tertiary/aromatic N) is 3. The number of nitrogens with one attached hydrogen (secondary N) is 1. The van der Waals surface area contributed by atoms with E-state index in [2.05, 4.69) is 20.2 Å². The van der Waals surface area contributed by atoms with E-state index in [1.807, 2.05) is 13.0 Å². The lowest BCUT2D eigenvalue weighted by Crippen LogP contribution is -2.42. The summed E-state index contributed by atoms with van der Waals surface area (Å²) in [4.78, 5) is 10.5. The summed E-state index contributed by atoms with van der Waals surface area (Å²) in [5, 5.41) is 3.13. The second kappa shape index (κ2) is 7.57. The van der Waals surface area contributed by atoms with Gasteiger partial charge in [0, 0.05) is 37.4 Å². The molecule has 4 nitrogen and oxygen atoms in total. The monoisotopic (exact) mass is 368 g/mol. The Hall–Kier alpha value is -2.22. The summed E-state index contributed by atoms with van der Waals surface area (Å²) < 4.78 is 52.5. The Balaban J connectivity index is 1.58. The van der Waals surface area contributed by atoms with Gasteiger partial charge in [-0.2, -0.15) is 13.2 Å². The Labute approximate surface area is 149 Å².